The van der Waals surface area contributed by atoms with Gasteiger partial charge in [-0.05, 0) is 18.1 Å². The first-order chi connectivity index (χ1) is 11.5. The molecule has 6 nitrogen and oxygen atoms in total. The lowest BCUT2D eigenvalue weighted by molar-refractivity contribution is -0.130. The van der Waals surface area contributed by atoms with E-state index in [1.54, 1.807) is 7.05 Å². The number of hydrogen-bond donors (Lipinski definition) is 1. The molecule has 0 bridgehead atoms. The van der Waals surface area contributed by atoms with Crippen LogP contribution in [0.2, 0.25) is 0 Å². The zero-order valence-corrected chi connectivity index (χ0v) is 13.2. The molecular weight excluding hydrogens is 318 g/mol. The SMILES string of the molecule is CN(C[C@H]1OCC[C@H]1c1ncn[nH]1)C(=O)Cc1ccc(F)cc1F. The first-order valence-corrected chi connectivity index (χ1v) is 7.69. The number of likely N-dealkylation sites (N-methyl/N-ethyl adjacent to an activating group) is 1. The molecule has 0 aliphatic carbocycles. The van der Waals surface area contributed by atoms with Crippen molar-refractivity contribution >= 4 is 5.91 Å². The van der Waals surface area contributed by atoms with Gasteiger partial charge in [0.1, 0.15) is 23.8 Å². The zero-order chi connectivity index (χ0) is 17.1. The molecule has 2 atom stereocenters. The third kappa shape index (κ3) is 3.59. The molecule has 2 heterocycles. The molecule has 1 N–H and O–H groups in total. The Labute approximate surface area is 137 Å². The minimum absolute atomic E-state index is 0.0466. The molecule has 0 radical (unpaired) electrons. The second-order valence-electron chi connectivity index (χ2n) is 5.86. The van der Waals surface area contributed by atoms with Gasteiger partial charge in [-0.15, -0.1) is 0 Å². The summed E-state index contributed by atoms with van der Waals surface area (Å²) >= 11 is 0. The number of H-pyrrole nitrogens is 1. The smallest absolute Gasteiger partial charge is 0.226 e. The molecule has 1 amide bonds. The van der Waals surface area contributed by atoms with Crippen molar-refractivity contribution in [1.29, 1.82) is 0 Å². The monoisotopic (exact) mass is 336 g/mol. The van der Waals surface area contributed by atoms with Gasteiger partial charge in [-0.25, -0.2) is 13.8 Å². The Bertz CT molecular complexity index is 708. The topological polar surface area (TPSA) is 71.1 Å². The van der Waals surface area contributed by atoms with Crippen LogP contribution in [0.5, 0.6) is 0 Å². The van der Waals surface area contributed by atoms with Crippen LogP contribution in [0.1, 0.15) is 23.7 Å². The molecule has 128 valence electrons. The number of ether oxygens (including phenoxy) is 1. The molecule has 1 aromatic carbocycles. The highest BCUT2D eigenvalue weighted by atomic mass is 19.1. The van der Waals surface area contributed by atoms with E-state index in [-0.39, 0.29) is 29.9 Å². The maximum atomic E-state index is 13.7. The Balaban J connectivity index is 1.61. The van der Waals surface area contributed by atoms with Crippen molar-refractivity contribution in [1.82, 2.24) is 20.1 Å². The molecular formula is C16H18F2N4O2. The summed E-state index contributed by atoms with van der Waals surface area (Å²) in [6.07, 6.45) is 1.93. The molecule has 1 saturated heterocycles. The summed E-state index contributed by atoms with van der Waals surface area (Å²) in [6.45, 7) is 0.956. The van der Waals surface area contributed by atoms with Crippen molar-refractivity contribution in [2.45, 2.75) is 24.9 Å². The maximum absolute atomic E-state index is 13.7. The number of amides is 1. The number of benzene rings is 1. The van der Waals surface area contributed by atoms with E-state index in [1.807, 2.05) is 0 Å². The number of rotatable bonds is 5. The van der Waals surface area contributed by atoms with Gasteiger partial charge in [0.25, 0.3) is 0 Å². The van der Waals surface area contributed by atoms with E-state index in [0.29, 0.717) is 13.2 Å². The molecule has 0 saturated carbocycles. The number of carbonyl (C=O) groups excluding carboxylic acids is 1. The van der Waals surface area contributed by atoms with E-state index < -0.39 is 11.6 Å². The minimum atomic E-state index is -0.714. The van der Waals surface area contributed by atoms with Gasteiger partial charge in [-0.2, -0.15) is 5.10 Å². The second kappa shape index (κ2) is 7.04. The summed E-state index contributed by atoms with van der Waals surface area (Å²) in [5.74, 6) is -0.847. The van der Waals surface area contributed by atoms with Gasteiger partial charge < -0.3 is 9.64 Å². The second-order valence-corrected chi connectivity index (χ2v) is 5.86. The Kier molecular flexibility index (Phi) is 4.84. The van der Waals surface area contributed by atoms with Gasteiger partial charge in [0.2, 0.25) is 5.91 Å². The van der Waals surface area contributed by atoms with Crippen LogP contribution in [0.15, 0.2) is 24.5 Å². The van der Waals surface area contributed by atoms with Crippen LogP contribution >= 0.6 is 0 Å². The third-order valence-corrected chi connectivity index (χ3v) is 4.23. The molecule has 24 heavy (non-hydrogen) atoms. The Morgan fingerprint density at radius 2 is 2.29 bits per heavy atom. The number of halogens is 2. The standard InChI is InChI=1S/C16H18F2N4O2/c1-22(15(23)6-10-2-3-11(17)7-13(10)18)8-14-12(4-5-24-14)16-19-9-20-21-16/h2-3,7,9,12,14H,4-6,8H2,1H3,(H,19,20,21)/t12-,14-/m1/s1. The fourth-order valence-electron chi connectivity index (χ4n) is 2.87. The molecule has 1 aliphatic rings. The molecule has 1 fully saturated rings. The number of aromatic nitrogens is 3. The van der Waals surface area contributed by atoms with E-state index in [2.05, 4.69) is 15.2 Å². The number of aromatic amines is 1. The van der Waals surface area contributed by atoms with Gasteiger partial charge >= 0.3 is 0 Å². The summed E-state index contributed by atoms with van der Waals surface area (Å²) < 4.78 is 32.3. The fraction of sp³-hybridized carbons (Fsp3) is 0.438. The van der Waals surface area contributed by atoms with Crippen LogP contribution in [0.25, 0.3) is 0 Å². The molecule has 3 rings (SSSR count). The van der Waals surface area contributed by atoms with E-state index in [9.17, 15) is 13.6 Å². The lowest BCUT2D eigenvalue weighted by Crippen LogP contribution is -2.37. The maximum Gasteiger partial charge on any atom is 0.226 e. The van der Waals surface area contributed by atoms with E-state index in [1.165, 1.54) is 17.3 Å². The number of carbonyl (C=O) groups is 1. The molecule has 1 aromatic heterocycles. The quantitative estimate of drug-likeness (QED) is 0.901. The van der Waals surface area contributed by atoms with E-state index in [4.69, 9.17) is 4.74 Å². The molecule has 0 spiro atoms. The van der Waals surface area contributed by atoms with Crippen LogP contribution in [0.4, 0.5) is 8.78 Å². The number of hydrogen-bond acceptors (Lipinski definition) is 4. The molecule has 2 aromatic rings. The Morgan fingerprint density at radius 3 is 3.00 bits per heavy atom. The summed E-state index contributed by atoms with van der Waals surface area (Å²) in [5, 5.41) is 6.68. The summed E-state index contributed by atoms with van der Waals surface area (Å²) in [6, 6.07) is 3.22. The summed E-state index contributed by atoms with van der Waals surface area (Å²) in [7, 11) is 1.64. The predicted molar refractivity (Wildman–Crippen MR) is 81.2 cm³/mol. The van der Waals surface area contributed by atoms with Crippen molar-refractivity contribution in [3.63, 3.8) is 0 Å². The van der Waals surface area contributed by atoms with Crippen LogP contribution in [-0.2, 0) is 16.0 Å². The Hall–Kier alpha value is -2.35. The Morgan fingerprint density at radius 1 is 1.46 bits per heavy atom. The first kappa shape index (κ1) is 16.5. The minimum Gasteiger partial charge on any atom is -0.376 e. The van der Waals surface area contributed by atoms with Crippen molar-refractivity contribution in [3.8, 4) is 0 Å². The van der Waals surface area contributed by atoms with Gasteiger partial charge in [0, 0.05) is 32.2 Å². The highest BCUT2D eigenvalue weighted by Gasteiger charge is 2.33. The van der Waals surface area contributed by atoms with E-state index >= 15 is 0 Å². The normalized spacial score (nSPS) is 20.3. The highest BCUT2D eigenvalue weighted by molar-refractivity contribution is 5.78. The van der Waals surface area contributed by atoms with Crippen molar-refractivity contribution in [3.05, 3.63) is 47.5 Å². The van der Waals surface area contributed by atoms with Gasteiger partial charge in [-0.1, -0.05) is 6.07 Å². The molecule has 8 heteroatoms. The summed E-state index contributed by atoms with van der Waals surface area (Å²) in [4.78, 5) is 18.0. The average Bonchev–Trinajstić information content (AvgIpc) is 3.20. The van der Waals surface area contributed by atoms with Gasteiger partial charge in [0.05, 0.1) is 12.5 Å². The van der Waals surface area contributed by atoms with Crippen LogP contribution in [0, 0.1) is 11.6 Å². The van der Waals surface area contributed by atoms with Crippen LogP contribution in [-0.4, -0.2) is 52.3 Å². The largest absolute Gasteiger partial charge is 0.376 e. The zero-order valence-electron chi connectivity index (χ0n) is 13.2. The highest BCUT2D eigenvalue weighted by Crippen LogP contribution is 2.29. The van der Waals surface area contributed by atoms with Crippen LogP contribution in [0.3, 0.4) is 0 Å². The third-order valence-electron chi connectivity index (χ3n) is 4.23. The molecule has 1 aliphatic heterocycles. The van der Waals surface area contributed by atoms with Crippen molar-refractivity contribution < 1.29 is 18.3 Å². The molecule has 0 unspecified atom stereocenters. The fourth-order valence-corrected chi connectivity index (χ4v) is 2.87. The first-order valence-electron chi connectivity index (χ1n) is 7.69. The summed E-state index contributed by atoms with van der Waals surface area (Å²) in [5.41, 5.74) is 0.173. The van der Waals surface area contributed by atoms with Crippen molar-refractivity contribution in [2.75, 3.05) is 20.2 Å². The number of nitrogens with one attached hydrogen (secondary N) is 1. The van der Waals surface area contributed by atoms with Gasteiger partial charge in [-0.3, -0.25) is 9.89 Å². The predicted octanol–water partition coefficient (Wildman–Crippen LogP) is 1.66. The lowest BCUT2D eigenvalue weighted by atomic mass is 10.00. The lowest BCUT2D eigenvalue weighted by Gasteiger charge is -2.24. The number of nitrogens with zero attached hydrogens (tertiary/aromatic N) is 3. The van der Waals surface area contributed by atoms with E-state index in [0.717, 1.165) is 24.4 Å². The average molecular weight is 336 g/mol. The van der Waals surface area contributed by atoms with Crippen molar-refractivity contribution in [2.24, 2.45) is 0 Å². The van der Waals surface area contributed by atoms with Gasteiger partial charge in [0.15, 0.2) is 0 Å². The van der Waals surface area contributed by atoms with Crippen LogP contribution < -0.4 is 0 Å².